The summed E-state index contributed by atoms with van der Waals surface area (Å²) in [7, 11) is 0. The van der Waals surface area contributed by atoms with Gasteiger partial charge < -0.3 is 9.64 Å². The Morgan fingerprint density at radius 1 is 1.11 bits per heavy atom. The monoisotopic (exact) mass is 255 g/mol. The van der Waals surface area contributed by atoms with Crippen LogP contribution >= 0.6 is 0 Å². The topological polar surface area (TPSA) is 38.2 Å². The average molecular weight is 255 g/mol. The molecule has 4 heteroatoms. The summed E-state index contributed by atoms with van der Waals surface area (Å²) in [6, 6.07) is 9.85. The molecule has 1 aliphatic heterocycles. The van der Waals surface area contributed by atoms with E-state index in [4.69, 9.17) is 4.74 Å². The van der Waals surface area contributed by atoms with Crippen molar-refractivity contribution < 1.29 is 4.74 Å². The van der Waals surface area contributed by atoms with Gasteiger partial charge in [0.2, 0.25) is 5.88 Å². The molecule has 3 rings (SSSR count). The number of aryl methyl sites for hydroxylation is 1. The van der Waals surface area contributed by atoms with Crippen molar-refractivity contribution >= 4 is 5.82 Å². The SMILES string of the molecule is Cc1ccccc1Oc1cc(N2CCCC2)ncn1. The first-order valence-electron chi connectivity index (χ1n) is 6.63. The molecule has 1 fully saturated rings. The molecule has 2 aromatic rings. The van der Waals surface area contributed by atoms with E-state index >= 15 is 0 Å². The fourth-order valence-corrected chi connectivity index (χ4v) is 2.29. The van der Waals surface area contributed by atoms with E-state index in [0.717, 1.165) is 30.2 Å². The molecule has 4 nitrogen and oxygen atoms in total. The first-order chi connectivity index (χ1) is 9.33. The van der Waals surface area contributed by atoms with Crippen LogP contribution in [0.25, 0.3) is 0 Å². The van der Waals surface area contributed by atoms with Crippen molar-refractivity contribution in [1.82, 2.24) is 9.97 Å². The van der Waals surface area contributed by atoms with Gasteiger partial charge in [-0.2, -0.15) is 0 Å². The summed E-state index contributed by atoms with van der Waals surface area (Å²) in [6.07, 6.45) is 4.04. The summed E-state index contributed by atoms with van der Waals surface area (Å²) >= 11 is 0. The lowest BCUT2D eigenvalue weighted by molar-refractivity contribution is 0.458. The van der Waals surface area contributed by atoms with Gasteiger partial charge in [0.05, 0.1) is 0 Å². The summed E-state index contributed by atoms with van der Waals surface area (Å²) in [5.74, 6) is 2.40. The highest BCUT2D eigenvalue weighted by Crippen LogP contribution is 2.26. The van der Waals surface area contributed by atoms with Crippen LogP contribution in [0.3, 0.4) is 0 Å². The van der Waals surface area contributed by atoms with Gasteiger partial charge in [-0.15, -0.1) is 0 Å². The maximum atomic E-state index is 5.83. The molecule has 0 aliphatic carbocycles. The lowest BCUT2D eigenvalue weighted by Crippen LogP contribution is -2.18. The third kappa shape index (κ3) is 2.67. The molecule has 0 atom stereocenters. The molecule has 0 unspecified atom stereocenters. The molecule has 1 aliphatic rings. The number of anilines is 1. The highest BCUT2D eigenvalue weighted by Gasteiger charge is 2.14. The van der Waals surface area contributed by atoms with Gasteiger partial charge in [0.1, 0.15) is 17.9 Å². The standard InChI is InChI=1S/C15H17N3O/c1-12-6-2-3-7-13(12)19-15-10-14(16-11-17-15)18-8-4-5-9-18/h2-3,6-7,10-11H,4-5,8-9H2,1H3. The van der Waals surface area contributed by atoms with E-state index in [1.54, 1.807) is 6.33 Å². The van der Waals surface area contributed by atoms with Gasteiger partial charge in [0.15, 0.2) is 0 Å². The van der Waals surface area contributed by atoms with E-state index in [1.807, 2.05) is 37.3 Å². The Balaban J connectivity index is 1.81. The van der Waals surface area contributed by atoms with Crippen LogP contribution in [0.5, 0.6) is 11.6 Å². The van der Waals surface area contributed by atoms with Crippen LogP contribution in [0, 0.1) is 6.92 Å². The Morgan fingerprint density at radius 2 is 1.89 bits per heavy atom. The van der Waals surface area contributed by atoms with Crippen molar-refractivity contribution in [3.8, 4) is 11.6 Å². The Bertz CT molecular complexity index is 565. The maximum Gasteiger partial charge on any atom is 0.224 e. The lowest BCUT2D eigenvalue weighted by atomic mass is 10.2. The van der Waals surface area contributed by atoms with Gasteiger partial charge >= 0.3 is 0 Å². The Kier molecular flexibility index (Phi) is 3.31. The number of aromatic nitrogens is 2. The van der Waals surface area contributed by atoms with Crippen LogP contribution in [0.15, 0.2) is 36.7 Å². The van der Waals surface area contributed by atoms with Crippen LogP contribution in [0.2, 0.25) is 0 Å². The van der Waals surface area contributed by atoms with E-state index in [9.17, 15) is 0 Å². The van der Waals surface area contributed by atoms with Crippen molar-refractivity contribution in [2.75, 3.05) is 18.0 Å². The second-order valence-corrected chi connectivity index (χ2v) is 4.78. The highest BCUT2D eigenvalue weighted by atomic mass is 16.5. The Morgan fingerprint density at radius 3 is 2.68 bits per heavy atom. The molecule has 0 saturated carbocycles. The van der Waals surface area contributed by atoms with E-state index in [-0.39, 0.29) is 0 Å². The molecule has 0 amide bonds. The highest BCUT2D eigenvalue weighted by molar-refractivity contribution is 5.43. The average Bonchev–Trinajstić information content (AvgIpc) is 2.96. The van der Waals surface area contributed by atoms with E-state index in [1.165, 1.54) is 12.8 Å². The molecular formula is C15H17N3O. The first kappa shape index (κ1) is 12.0. The molecule has 98 valence electrons. The summed E-state index contributed by atoms with van der Waals surface area (Å²) < 4.78 is 5.83. The predicted molar refractivity (Wildman–Crippen MR) is 74.7 cm³/mol. The van der Waals surface area contributed by atoms with Crippen molar-refractivity contribution in [1.29, 1.82) is 0 Å². The smallest absolute Gasteiger partial charge is 0.224 e. The summed E-state index contributed by atoms with van der Waals surface area (Å²) in [5, 5.41) is 0. The quantitative estimate of drug-likeness (QED) is 0.844. The van der Waals surface area contributed by atoms with Crippen LogP contribution in [-0.4, -0.2) is 23.1 Å². The fraction of sp³-hybridized carbons (Fsp3) is 0.333. The van der Waals surface area contributed by atoms with Gasteiger partial charge in [0, 0.05) is 19.2 Å². The van der Waals surface area contributed by atoms with Crippen LogP contribution in [0.1, 0.15) is 18.4 Å². The van der Waals surface area contributed by atoms with Gasteiger partial charge in [-0.05, 0) is 31.4 Å². The zero-order valence-corrected chi connectivity index (χ0v) is 11.0. The number of rotatable bonds is 3. The molecule has 1 aromatic heterocycles. The molecule has 19 heavy (non-hydrogen) atoms. The number of hydrogen-bond acceptors (Lipinski definition) is 4. The summed E-state index contributed by atoms with van der Waals surface area (Å²) in [4.78, 5) is 10.8. The lowest BCUT2D eigenvalue weighted by Gasteiger charge is -2.16. The summed E-state index contributed by atoms with van der Waals surface area (Å²) in [6.45, 7) is 4.17. The van der Waals surface area contributed by atoms with Crippen molar-refractivity contribution in [3.63, 3.8) is 0 Å². The molecule has 0 radical (unpaired) electrons. The Labute approximate surface area is 113 Å². The molecule has 1 aromatic carbocycles. The third-order valence-electron chi connectivity index (χ3n) is 3.37. The number of para-hydroxylation sites is 1. The van der Waals surface area contributed by atoms with Crippen LogP contribution in [0.4, 0.5) is 5.82 Å². The van der Waals surface area contributed by atoms with Gasteiger partial charge in [-0.1, -0.05) is 18.2 Å². The third-order valence-corrected chi connectivity index (χ3v) is 3.37. The molecule has 2 heterocycles. The molecule has 0 spiro atoms. The van der Waals surface area contributed by atoms with Crippen molar-refractivity contribution in [2.45, 2.75) is 19.8 Å². The first-order valence-corrected chi connectivity index (χ1v) is 6.63. The molecular weight excluding hydrogens is 238 g/mol. The minimum atomic E-state index is 0.603. The van der Waals surface area contributed by atoms with Crippen molar-refractivity contribution in [2.24, 2.45) is 0 Å². The second-order valence-electron chi connectivity index (χ2n) is 4.78. The van der Waals surface area contributed by atoms with Gasteiger partial charge in [0.25, 0.3) is 0 Å². The van der Waals surface area contributed by atoms with E-state index < -0.39 is 0 Å². The normalized spacial score (nSPS) is 14.7. The molecule has 1 saturated heterocycles. The minimum absolute atomic E-state index is 0.603. The molecule has 0 bridgehead atoms. The molecule has 0 N–H and O–H groups in total. The van der Waals surface area contributed by atoms with Crippen LogP contribution in [-0.2, 0) is 0 Å². The van der Waals surface area contributed by atoms with Crippen molar-refractivity contribution in [3.05, 3.63) is 42.2 Å². The minimum Gasteiger partial charge on any atom is -0.439 e. The van der Waals surface area contributed by atoms with Gasteiger partial charge in [-0.3, -0.25) is 0 Å². The zero-order chi connectivity index (χ0) is 13.1. The number of nitrogens with zero attached hydrogens (tertiary/aromatic N) is 3. The summed E-state index contributed by atoms with van der Waals surface area (Å²) in [5.41, 5.74) is 1.10. The largest absolute Gasteiger partial charge is 0.439 e. The predicted octanol–water partition coefficient (Wildman–Crippen LogP) is 3.18. The second kappa shape index (κ2) is 5.26. The number of ether oxygens (including phenoxy) is 1. The number of benzene rings is 1. The van der Waals surface area contributed by atoms with E-state index in [2.05, 4.69) is 14.9 Å². The Hall–Kier alpha value is -2.10. The number of hydrogen-bond donors (Lipinski definition) is 0. The zero-order valence-electron chi connectivity index (χ0n) is 11.0. The van der Waals surface area contributed by atoms with E-state index in [0.29, 0.717) is 5.88 Å². The van der Waals surface area contributed by atoms with Gasteiger partial charge in [-0.25, -0.2) is 9.97 Å². The maximum absolute atomic E-state index is 5.83. The fourth-order valence-electron chi connectivity index (χ4n) is 2.29. The van der Waals surface area contributed by atoms with Crippen LogP contribution < -0.4 is 9.64 Å².